The van der Waals surface area contributed by atoms with E-state index >= 15 is 0 Å². The fraction of sp³-hybridized carbons (Fsp3) is 0.150. The molecule has 0 radical (unpaired) electrons. The minimum absolute atomic E-state index is 0.0615. The zero-order valence-corrected chi connectivity index (χ0v) is 16.6. The van der Waals surface area contributed by atoms with Crippen LogP contribution in [0.4, 0.5) is 5.69 Å². The van der Waals surface area contributed by atoms with Crippen LogP contribution in [0.5, 0.6) is 0 Å². The quantitative estimate of drug-likeness (QED) is 0.649. The van der Waals surface area contributed by atoms with E-state index in [-0.39, 0.29) is 18.4 Å². The number of nitrogens with zero attached hydrogens (tertiary/aromatic N) is 2. The molecule has 27 heavy (non-hydrogen) atoms. The van der Waals surface area contributed by atoms with Gasteiger partial charge in [-0.25, -0.2) is 0 Å². The number of nitrogens with one attached hydrogen (secondary N) is 2. The zero-order valence-electron chi connectivity index (χ0n) is 15.0. The van der Waals surface area contributed by atoms with E-state index in [1.807, 2.05) is 55.5 Å². The van der Waals surface area contributed by atoms with E-state index in [0.29, 0.717) is 11.4 Å². The average Bonchev–Trinajstić information content (AvgIpc) is 3.14. The van der Waals surface area contributed by atoms with E-state index in [1.165, 1.54) is 4.90 Å². The fourth-order valence-corrected chi connectivity index (χ4v) is 3.11. The van der Waals surface area contributed by atoms with Gasteiger partial charge in [0.25, 0.3) is 5.91 Å². The SMILES string of the molecule is Cc1cc(Br)ccc1NC(=O)CN(C)C(=O)c1cc(-c2ccccc2)n[nH]1. The lowest BCUT2D eigenvalue weighted by Crippen LogP contribution is -2.35. The summed E-state index contributed by atoms with van der Waals surface area (Å²) in [6, 6.07) is 16.8. The molecule has 2 aromatic carbocycles. The first-order chi connectivity index (χ1) is 12.9. The topological polar surface area (TPSA) is 78.1 Å². The van der Waals surface area contributed by atoms with Crippen LogP contribution >= 0.6 is 15.9 Å². The Morgan fingerprint density at radius 2 is 1.89 bits per heavy atom. The molecule has 0 aliphatic rings. The molecule has 0 unspecified atom stereocenters. The molecular formula is C20H19BrN4O2. The molecule has 7 heteroatoms. The van der Waals surface area contributed by atoms with Gasteiger partial charge >= 0.3 is 0 Å². The third kappa shape index (κ3) is 4.62. The second-order valence-corrected chi connectivity index (χ2v) is 7.12. The largest absolute Gasteiger partial charge is 0.331 e. The van der Waals surface area contributed by atoms with Crippen LogP contribution in [0.15, 0.2) is 59.1 Å². The highest BCUT2D eigenvalue weighted by atomic mass is 79.9. The first kappa shape index (κ1) is 18.8. The summed E-state index contributed by atoms with van der Waals surface area (Å²) in [5.74, 6) is -0.563. The molecule has 1 heterocycles. The molecule has 0 fully saturated rings. The Bertz CT molecular complexity index is 969. The van der Waals surface area contributed by atoms with Crippen LogP contribution in [0.3, 0.4) is 0 Å². The van der Waals surface area contributed by atoms with Crippen molar-refractivity contribution in [3.63, 3.8) is 0 Å². The number of carbonyl (C=O) groups excluding carboxylic acids is 2. The van der Waals surface area contributed by atoms with Gasteiger partial charge in [-0.2, -0.15) is 5.10 Å². The van der Waals surface area contributed by atoms with Gasteiger partial charge in [-0.3, -0.25) is 14.7 Å². The number of aromatic amines is 1. The number of hydrogen-bond donors (Lipinski definition) is 2. The Balaban J connectivity index is 1.63. The molecular weight excluding hydrogens is 408 g/mol. The van der Waals surface area contributed by atoms with Crippen molar-refractivity contribution in [2.75, 3.05) is 18.9 Å². The molecule has 1 aromatic heterocycles. The predicted octanol–water partition coefficient (Wildman–Crippen LogP) is 3.86. The highest BCUT2D eigenvalue weighted by Gasteiger charge is 2.18. The van der Waals surface area contributed by atoms with Gasteiger partial charge < -0.3 is 10.2 Å². The van der Waals surface area contributed by atoms with Crippen molar-refractivity contribution < 1.29 is 9.59 Å². The van der Waals surface area contributed by atoms with Gasteiger partial charge in [-0.05, 0) is 36.8 Å². The van der Waals surface area contributed by atoms with Crippen LogP contribution in [0, 0.1) is 6.92 Å². The van der Waals surface area contributed by atoms with Crippen molar-refractivity contribution in [2.24, 2.45) is 0 Å². The lowest BCUT2D eigenvalue weighted by Gasteiger charge is -2.16. The third-order valence-electron chi connectivity index (χ3n) is 4.07. The molecule has 0 aliphatic heterocycles. The normalized spacial score (nSPS) is 10.5. The zero-order chi connectivity index (χ0) is 19.4. The summed E-state index contributed by atoms with van der Waals surface area (Å²) in [5.41, 5.74) is 3.59. The van der Waals surface area contributed by atoms with Crippen molar-refractivity contribution in [1.82, 2.24) is 15.1 Å². The summed E-state index contributed by atoms with van der Waals surface area (Å²) in [4.78, 5) is 26.2. The van der Waals surface area contributed by atoms with Crippen LogP contribution in [-0.4, -0.2) is 40.5 Å². The minimum atomic E-state index is -0.299. The van der Waals surface area contributed by atoms with Gasteiger partial charge in [0, 0.05) is 22.8 Å². The molecule has 0 bridgehead atoms. The van der Waals surface area contributed by atoms with E-state index < -0.39 is 0 Å². The molecule has 2 N–H and O–H groups in total. The molecule has 3 aromatic rings. The molecule has 138 valence electrons. The van der Waals surface area contributed by atoms with Gasteiger partial charge in [-0.1, -0.05) is 46.3 Å². The van der Waals surface area contributed by atoms with Gasteiger partial charge in [0.05, 0.1) is 12.2 Å². The number of benzene rings is 2. The van der Waals surface area contributed by atoms with Crippen molar-refractivity contribution >= 4 is 33.4 Å². The van der Waals surface area contributed by atoms with Crippen LogP contribution in [-0.2, 0) is 4.79 Å². The number of aryl methyl sites for hydroxylation is 1. The number of anilines is 1. The smallest absolute Gasteiger partial charge is 0.272 e. The summed E-state index contributed by atoms with van der Waals surface area (Å²) in [6.45, 7) is 1.85. The summed E-state index contributed by atoms with van der Waals surface area (Å²) in [7, 11) is 1.58. The Hall–Kier alpha value is -2.93. The maximum atomic E-state index is 12.6. The number of amides is 2. The number of rotatable bonds is 5. The summed E-state index contributed by atoms with van der Waals surface area (Å²) < 4.78 is 0.943. The predicted molar refractivity (Wildman–Crippen MR) is 108 cm³/mol. The highest BCUT2D eigenvalue weighted by molar-refractivity contribution is 9.10. The van der Waals surface area contributed by atoms with Gasteiger partial charge in [0.2, 0.25) is 5.91 Å². The Kier molecular flexibility index (Phi) is 5.71. The van der Waals surface area contributed by atoms with E-state index in [0.717, 1.165) is 21.3 Å². The number of hydrogen-bond acceptors (Lipinski definition) is 3. The Morgan fingerprint density at radius 3 is 2.59 bits per heavy atom. The third-order valence-corrected chi connectivity index (χ3v) is 4.56. The van der Waals surface area contributed by atoms with Gasteiger partial charge in [-0.15, -0.1) is 0 Å². The van der Waals surface area contributed by atoms with Gasteiger partial charge in [0.1, 0.15) is 5.69 Å². The first-order valence-corrected chi connectivity index (χ1v) is 9.15. The number of likely N-dealkylation sites (N-methyl/N-ethyl adjacent to an activating group) is 1. The summed E-state index contributed by atoms with van der Waals surface area (Å²) in [5, 5.41) is 9.75. The Labute approximate surface area is 165 Å². The highest BCUT2D eigenvalue weighted by Crippen LogP contribution is 2.20. The molecule has 0 saturated carbocycles. The summed E-state index contributed by atoms with van der Waals surface area (Å²) in [6.07, 6.45) is 0. The molecule has 0 atom stereocenters. The van der Waals surface area contributed by atoms with E-state index in [1.54, 1.807) is 13.1 Å². The maximum absolute atomic E-state index is 12.6. The average molecular weight is 427 g/mol. The lowest BCUT2D eigenvalue weighted by molar-refractivity contribution is -0.116. The molecule has 0 saturated heterocycles. The van der Waals surface area contributed by atoms with Crippen molar-refractivity contribution in [3.8, 4) is 11.3 Å². The maximum Gasteiger partial charge on any atom is 0.272 e. The molecule has 2 amide bonds. The fourth-order valence-electron chi connectivity index (χ4n) is 2.64. The molecule has 3 rings (SSSR count). The van der Waals surface area contributed by atoms with Crippen LogP contribution in [0.2, 0.25) is 0 Å². The van der Waals surface area contributed by atoms with Gasteiger partial charge in [0.15, 0.2) is 0 Å². The van der Waals surface area contributed by atoms with Crippen molar-refractivity contribution in [2.45, 2.75) is 6.92 Å². The molecule has 0 spiro atoms. The number of carbonyl (C=O) groups is 2. The second kappa shape index (κ2) is 8.18. The second-order valence-electron chi connectivity index (χ2n) is 6.20. The molecule has 6 nitrogen and oxygen atoms in total. The van der Waals surface area contributed by atoms with E-state index in [4.69, 9.17) is 0 Å². The lowest BCUT2D eigenvalue weighted by atomic mass is 10.1. The monoisotopic (exact) mass is 426 g/mol. The number of aromatic nitrogens is 2. The van der Waals surface area contributed by atoms with Crippen molar-refractivity contribution in [3.05, 3.63) is 70.3 Å². The van der Waals surface area contributed by atoms with Crippen molar-refractivity contribution in [1.29, 1.82) is 0 Å². The number of halogens is 1. The van der Waals surface area contributed by atoms with Crippen LogP contribution < -0.4 is 5.32 Å². The Morgan fingerprint density at radius 1 is 1.15 bits per heavy atom. The van der Waals surface area contributed by atoms with E-state index in [9.17, 15) is 9.59 Å². The van der Waals surface area contributed by atoms with Crippen LogP contribution in [0.1, 0.15) is 16.1 Å². The van der Waals surface area contributed by atoms with Crippen LogP contribution in [0.25, 0.3) is 11.3 Å². The number of H-pyrrole nitrogens is 1. The minimum Gasteiger partial charge on any atom is -0.331 e. The standard InChI is InChI=1S/C20H19BrN4O2/c1-13-10-15(21)8-9-16(13)22-19(26)12-25(2)20(27)18-11-17(23-24-18)14-6-4-3-5-7-14/h3-11H,12H2,1-2H3,(H,22,26)(H,23,24). The first-order valence-electron chi connectivity index (χ1n) is 8.36. The van der Waals surface area contributed by atoms with E-state index in [2.05, 4.69) is 31.4 Å². The molecule has 0 aliphatic carbocycles. The summed E-state index contributed by atoms with van der Waals surface area (Å²) >= 11 is 3.39.